The molecule has 0 N–H and O–H groups in total. The molecule has 0 saturated carbocycles. The standard InChI is InChI=1S/C22H22FN/c1-14-11-15(2)13-16(12-14)22-20-7-3-6-19-17(5-4-8-21(19)23)18(20)9-10-24-22/h4-5,9-13,21H,3,6-8H2,1-2H3. The van der Waals surface area contributed by atoms with Crippen molar-refractivity contribution in [1.29, 1.82) is 0 Å². The number of aromatic nitrogens is 1. The molecule has 0 amide bonds. The summed E-state index contributed by atoms with van der Waals surface area (Å²) in [5.41, 5.74) is 9.24. The molecule has 1 atom stereocenters. The van der Waals surface area contributed by atoms with E-state index in [1.165, 1.54) is 27.8 Å². The topological polar surface area (TPSA) is 12.9 Å². The van der Waals surface area contributed by atoms with Crippen LogP contribution in [0.5, 0.6) is 0 Å². The number of benzene rings is 1. The highest BCUT2D eigenvalue weighted by atomic mass is 19.1. The Morgan fingerprint density at radius 1 is 1.08 bits per heavy atom. The second-order valence-electron chi connectivity index (χ2n) is 6.96. The van der Waals surface area contributed by atoms with Crippen LogP contribution in [0.1, 0.15) is 41.5 Å². The first-order chi connectivity index (χ1) is 11.6. The summed E-state index contributed by atoms with van der Waals surface area (Å²) in [6.07, 6.45) is 8.44. The van der Waals surface area contributed by atoms with Crippen LogP contribution in [0, 0.1) is 13.8 Å². The van der Waals surface area contributed by atoms with Crippen LogP contribution in [-0.2, 0) is 6.42 Å². The van der Waals surface area contributed by atoms with Gasteiger partial charge in [-0.05, 0) is 73.6 Å². The maximum absolute atomic E-state index is 14.4. The summed E-state index contributed by atoms with van der Waals surface area (Å²) in [4.78, 5) is 4.70. The molecule has 0 bridgehead atoms. The number of aryl methyl sites for hydroxylation is 2. The molecule has 4 rings (SSSR count). The van der Waals surface area contributed by atoms with Crippen LogP contribution < -0.4 is 0 Å². The molecular formula is C22H22FN. The maximum atomic E-state index is 14.4. The van der Waals surface area contributed by atoms with E-state index in [2.05, 4.69) is 44.2 Å². The highest BCUT2D eigenvalue weighted by molar-refractivity contribution is 5.84. The molecule has 1 aromatic carbocycles. The van der Waals surface area contributed by atoms with Gasteiger partial charge in [-0.2, -0.15) is 0 Å². The number of alkyl halides is 1. The summed E-state index contributed by atoms with van der Waals surface area (Å²) in [6, 6.07) is 8.64. The third-order valence-corrected chi connectivity index (χ3v) is 5.07. The molecule has 0 aliphatic heterocycles. The van der Waals surface area contributed by atoms with Crippen molar-refractivity contribution >= 4 is 5.57 Å². The van der Waals surface area contributed by atoms with Crippen LogP contribution in [-0.4, -0.2) is 11.2 Å². The van der Waals surface area contributed by atoms with E-state index < -0.39 is 6.17 Å². The number of rotatable bonds is 1. The number of allylic oxidation sites excluding steroid dienone is 4. The molecule has 2 aromatic rings. The van der Waals surface area contributed by atoms with Gasteiger partial charge in [0.15, 0.2) is 0 Å². The first-order valence-corrected chi connectivity index (χ1v) is 8.74. The lowest BCUT2D eigenvalue weighted by atomic mass is 9.88. The predicted molar refractivity (Wildman–Crippen MR) is 97.7 cm³/mol. The van der Waals surface area contributed by atoms with Crippen molar-refractivity contribution in [3.63, 3.8) is 0 Å². The van der Waals surface area contributed by atoms with Crippen molar-refractivity contribution in [2.75, 3.05) is 0 Å². The smallest absolute Gasteiger partial charge is 0.125 e. The Balaban J connectivity index is 1.92. The Labute approximate surface area is 142 Å². The minimum atomic E-state index is -0.825. The molecule has 1 nitrogen and oxygen atoms in total. The fourth-order valence-electron chi connectivity index (χ4n) is 4.09. The SMILES string of the molecule is Cc1cc(C)cc(-c2nccc3c2CCCC2=C3C=CCC2F)c1. The monoisotopic (exact) mass is 319 g/mol. The Kier molecular flexibility index (Phi) is 3.84. The third kappa shape index (κ3) is 2.60. The molecule has 0 spiro atoms. The van der Waals surface area contributed by atoms with Crippen molar-refractivity contribution in [1.82, 2.24) is 4.98 Å². The number of fused-ring (bicyclic) bond motifs is 2. The quantitative estimate of drug-likeness (QED) is 0.652. The fraction of sp³-hybridized carbons (Fsp3) is 0.318. The summed E-state index contributed by atoms with van der Waals surface area (Å²) in [5, 5.41) is 0. The van der Waals surface area contributed by atoms with Crippen molar-refractivity contribution in [3.8, 4) is 11.3 Å². The van der Waals surface area contributed by atoms with Crippen molar-refractivity contribution in [3.05, 3.63) is 70.4 Å². The minimum Gasteiger partial charge on any atom is -0.256 e. The van der Waals surface area contributed by atoms with E-state index in [-0.39, 0.29) is 0 Å². The summed E-state index contributed by atoms with van der Waals surface area (Å²) < 4.78 is 14.4. The highest BCUT2D eigenvalue weighted by Gasteiger charge is 2.25. The van der Waals surface area contributed by atoms with Gasteiger partial charge in [-0.3, -0.25) is 4.98 Å². The molecule has 24 heavy (non-hydrogen) atoms. The zero-order valence-electron chi connectivity index (χ0n) is 14.3. The largest absolute Gasteiger partial charge is 0.256 e. The average Bonchev–Trinajstić information content (AvgIpc) is 2.74. The van der Waals surface area contributed by atoms with E-state index in [9.17, 15) is 4.39 Å². The molecule has 0 saturated heterocycles. The molecule has 122 valence electrons. The molecule has 1 unspecified atom stereocenters. The van der Waals surface area contributed by atoms with Gasteiger partial charge in [0, 0.05) is 18.2 Å². The van der Waals surface area contributed by atoms with Crippen LogP contribution in [0.2, 0.25) is 0 Å². The van der Waals surface area contributed by atoms with Gasteiger partial charge < -0.3 is 0 Å². The zero-order valence-corrected chi connectivity index (χ0v) is 14.3. The van der Waals surface area contributed by atoms with Crippen LogP contribution in [0.4, 0.5) is 4.39 Å². The Morgan fingerprint density at radius 3 is 2.67 bits per heavy atom. The molecule has 2 aliphatic carbocycles. The molecular weight excluding hydrogens is 297 g/mol. The van der Waals surface area contributed by atoms with E-state index in [1.807, 2.05) is 12.3 Å². The Hall–Kier alpha value is -2.22. The number of halogens is 1. The van der Waals surface area contributed by atoms with E-state index in [1.54, 1.807) is 0 Å². The molecule has 2 heteroatoms. The number of hydrogen-bond donors (Lipinski definition) is 0. The van der Waals surface area contributed by atoms with Gasteiger partial charge in [-0.25, -0.2) is 4.39 Å². The van der Waals surface area contributed by atoms with Crippen LogP contribution in [0.15, 0.2) is 48.2 Å². The van der Waals surface area contributed by atoms with Gasteiger partial charge in [0.2, 0.25) is 0 Å². The van der Waals surface area contributed by atoms with Crippen molar-refractivity contribution in [2.24, 2.45) is 0 Å². The van der Waals surface area contributed by atoms with Gasteiger partial charge in [0.25, 0.3) is 0 Å². The van der Waals surface area contributed by atoms with Crippen LogP contribution >= 0.6 is 0 Å². The third-order valence-electron chi connectivity index (χ3n) is 5.07. The molecule has 0 fully saturated rings. The lowest BCUT2D eigenvalue weighted by Gasteiger charge is -2.19. The summed E-state index contributed by atoms with van der Waals surface area (Å²) >= 11 is 0. The number of nitrogens with zero attached hydrogens (tertiary/aromatic N) is 1. The van der Waals surface area contributed by atoms with Gasteiger partial charge >= 0.3 is 0 Å². The molecule has 2 aliphatic rings. The highest BCUT2D eigenvalue weighted by Crippen LogP contribution is 2.39. The minimum absolute atomic E-state index is 0.517. The Bertz CT molecular complexity index is 840. The van der Waals surface area contributed by atoms with Gasteiger partial charge in [-0.15, -0.1) is 0 Å². The predicted octanol–water partition coefficient (Wildman–Crippen LogP) is 5.75. The van der Waals surface area contributed by atoms with E-state index >= 15 is 0 Å². The lowest BCUT2D eigenvalue weighted by molar-refractivity contribution is 0.374. The fourth-order valence-corrected chi connectivity index (χ4v) is 4.09. The van der Waals surface area contributed by atoms with Crippen LogP contribution in [0.3, 0.4) is 0 Å². The molecule has 1 aromatic heterocycles. The molecule has 1 heterocycles. The Morgan fingerprint density at radius 2 is 1.88 bits per heavy atom. The first-order valence-electron chi connectivity index (χ1n) is 8.74. The summed E-state index contributed by atoms with van der Waals surface area (Å²) in [7, 11) is 0. The second-order valence-corrected chi connectivity index (χ2v) is 6.96. The van der Waals surface area contributed by atoms with Gasteiger partial charge in [-0.1, -0.05) is 29.3 Å². The maximum Gasteiger partial charge on any atom is 0.125 e. The van der Waals surface area contributed by atoms with Gasteiger partial charge in [0.05, 0.1) is 5.69 Å². The van der Waals surface area contributed by atoms with Crippen molar-refractivity contribution in [2.45, 2.75) is 45.7 Å². The average molecular weight is 319 g/mol. The van der Waals surface area contributed by atoms with E-state index in [0.717, 1.165) is 36.1 Å². The first kappa shape index (κ1) is 15.3. The second kappa shape index (κ2) is 6.01. The van der Waals surface area contributed by atoms with Crippen molar-refractivity contribution < 1.29 is 4.39 Å². The van der Waals surface area contributed by atoms with Crippen LogP contribution in [0.25, 0.3) is 16.8 Å². The number of pyridine rings is 1. The summed E-state index contributed by atoms with van der Waals surface area (Å²) in [5.74, 6) is 0. The van der Waals surface area contributed by atoms with E-state index in [4.69, 9.17) is 4.98 Å². The summed E-state index contributed by atoms with van der Waals surface area (Å²) in [6.45, 7) is 4.24. The zero-order chi connectivity index (χ0) is 16.7. The lowest BCUT2D eigenvalue weighted by Crippen LogP contribution is -2.08. The number of hydrogen-bond acceptors (Lipinski definition) is 1. The normalized spacial score (nSPS) is 19.7. The van der Waals surface area contributed by atoms with Gasteiger partial charge in [0.1, 0.15) is 6.17 Å². The van der Waals surface area contributed by atoms with E-state index in [0.29, 0.717) is 6.42 Å². The molecule has 0 radical (unpaired) electrons.